The third-order valence-electron chi connectivity index (χ3n) is 4.96. The first-order chi connectivity index (χ1) is 14.5. The predicted molar refractivity (Wildman–Crippen MR) is 115 cm³/mol. The maximum atomic E-state index is 13.4. The largest absolute Gasteiger partial charge is 0.465 e. The molecule has 7 nitrogen and oxygen atoms in total. The van der Waals surface area contributed by atoms with E-state index in [2.05, 4.69) is 10.3 Å². The van der Waals surface area contributed by atoms with Crippen molar-refractivity contribution < 1.29 is 22.7 Å². The van der Waals surface area contributed by atoms with Crippen LogP contribution in [0.4, 0.5) is 9.18 Å². The standard InChI is InChI=1S/C22H24FN3O4S/c1-22(2,3)20(25-21(27)28)12-15-11-19(16-6-8-17(23)9-7-16)26(14-15)31(29,30)18-5-4-10-24-13-18/h4-11,13-14,20,25H,12H2,1-3H3,(H,27,28). The lowest BCUT2D eigenvalue weighted by atomic mass is 9.83. The van der Waals surface area contributed by atoms with Crippen molar-refractivity contribution in [3.63, 3.8) is 0 Å². The van der Waals surface area contributed by atoms with E-state index in [1.165, 1.54) is 55.0 Å². The van der Waals surface area contributed by atoms with E-state index < -0.39 is 33.4 Å². The number of aromatic nitrogens is 2. The Morgan fingerprint density at radius 1 is 1.23 bits per heavy atom. The molecule has 2 aromatic heterocycles. The first-order valence-electron chi connectivity index (χ1n) is 9.61. The Balaban J connectivity index is 2.12. The average molecular weight is 446 g/mol. The van der Waals surface area contributed by atoms with E-state index in [0.717, 1.165) is 3.97 Å². The molecule has 31 heavy (non-hydrogen) atoms. The molecule has 0 saturated carbocycles. The van der Waals surface area contributed by atoms with Crippen LogP contribution in [0.5, 0.6) is 0 Å². The smallest absolute Gasteiger partial charge is 0.404 e. The molecular weight excluding hydrogens is 421 g/mol. The molecule has 1 amide bonds. The van der Waals surface area contributed by atoms with Gasteiger partial charge in [-0.2, -0.15) is 0 Å². The SMILES string of the molecule is CC(C)(C)C(Cc1cc(-c2ccc(F)cc2)n(S(=O)(=O)c2cccnc2)c1)NC(=O)O. The Kier molecular flexibility index (Phi) is 6.17. The van der Waals surface area contributed by atoms with E-state index in [0.29, 0.717) is 16.8 Å². The van der Waals surface area contributed by atoms with Crippen LogP contribution in [0.2, 0.25) is 0 Å². The summed E-state index contributed by atoms with van der Waals surface area (Å²) in [5.74, 6) is -0.435. The quantitative estimate of drug-likeness (QED) is 0.594. The molecule has 0 saturated heterocycles. The van der Waals surface area contributed by atoms with Crippen molar-refractivity contribution in [2.45, 2.75) is 38.1 Å². The van der Waals surface area contributed by atoms with Gasteiger partial charge in [-0.3, -0.25) is 4.98 Å². The molecule has 3 aromatic rings. The van der Waals surface area contributed by atoms with Crippen molar-refractivity contribution in [1.82, 2.24) is 14.3 Å². The van der Waals surface area contributed by atoms with Gasteiger partial charge >= 0.3 is 6.09 Å². The van der Waals surface area contributed by atoms with Crippen LogP contribution < -0.4 is 5.32 Å². The topological polar surface area (TPSA) is 101 Å². The first-order valence-corrected chi connectivity index (χ1v) is 11.0. The molecule has 0 spiro atoms. The highest BCUT2D eigenvalue weighted by Crippen LogP contribution is 2.30. The van der Waals surface area contributed by atoms with E-state index in [1.54, 1.807) is 6.07 Å². The monoisotopic (exact) mass is 445 g/mol. The molecule has 0 bridgehead atoms. The molecule has 0 aliphatic heterocycles. The van der Waals surface area contributed by atoms with Gasteiger partial charge in [0.25, 0.3) is 10.0 Å². The molecule has 1 unspecified atom stereocenters. The Morgan fingerprint density at radius 3 is 2.45 bits per heavy atom. The second-order valence-electron chi connectivity index (χ2n) is 8.30. The van der Waals surface area contributed by atoms with Gasteiger partial charge in [-0.05, 0) is 65.4 Å². The molecule has 0 aliphatic rings. The molecular formula is C22H24FN3O4S. The Morgan fingerprint density at radius 2 is 1.90 bits per heavy atom. The van der Waals surface area contributed by atoms with Crippen LogP contribution in [-0.2, 0) is 16.4 Å². The van der Waals surface area contributed by atoms with Crippen molar-refractivity contribution in [1.29, 1.82) is 0 Å². The van der Waals surface area contributed by atoms with Gasteiger partial charge in [0.2, 0.25) is 0 Å². The number of benzene rings is 1. The fourth-order valence-electron chi connectivity index (χ4n) is 3.21. The van der Waals surface area contributed by atoms with Crippen molar-refractivity contribution in [3.8, 4) is 11.3 Å². The van der Waals surface area contributed by atoms with Crippen molar-refractivity contribution in [2.24, 2.45) is 5.41 Å². The van der Waals surface area contributed by atoms with E-state index in [1.807, 2.05) is 20.8 Å². The highest BCUT2D eigenvalue weighted by atomic mass is 32.2. The Hall–Kier alpha value is -3.20. The second-order valence-corrected chi connectivity index (χ2v) is 10.1. The maximum absolute atomic E-state index is 13.4. The van der Waals surface area contributed by atoms with Gasteiger partial charge in [0.05, 0.1) is 5.69 Å². The van der Waals surface area contributed by atoms with Crippen LogP contribution in [0, 0.1) is 11.2 Å². The molecule has 2 N–H and O–H groups in total. The molecule has 1 aromatic carbocycles. The molecule has 9 heteroatoms. The molecule has 164 valence electrons. The van der Waals surface area contributed by atoms with E-state index in [-0.39, 0.29) is 11.3 Å². The zero-order chi connectivity index (χ0) is 22.8. The third kappa shape index (κ3) is 5.11. The molecule has 1 atom stereocenters. The third-order valence-corrected chi connectivity index (χ3v) is 6.61. The summed E-state index contributed by atoms with van der Waals surface area (Å²) in [5, 5.41) is 11.7. The van der Waals surface area contributed by atoms with Crippen LogP contribution in [0.15, 0.2) is 66.0 Å². The summed E-state index contributed by atoms with van der Waals surface area (Å²) < 4.78 is 41.2. The van der Waals surface area contributed by atoms with Gasteiger partial charge < -0.3 is 10.4 Å². The minimum Gasteiger partial charge on any atom is -0.465 e. The van der Waals surface area contributed by atoms with Gasteiger partial charge in [-0.1, -0.05) is 20.8 Å². The number of carboxylic acid groups (broad SMARTS) is 1. The number of hydrogen-bond donors (Lipinski definition) is 2. The lowest BCUT2D eigenvalue weighted by Gasteiger charge is -2.30. The summed E-state index contributed by atoms with van der Waals surface area (Å²) in [5.41, 5.74) is 1.08. The van der Waals surface area contributed by atoms with Crippen molar-refractivity contribution >= 4 is 16.1 Å². The van der Waals surface area contributed by atoms with Crippen LogP contribution >= 0.6 is 0 Å². The summed E-state index contributed by atoms with van der Waals surface area (Å²) in [6.45, 7) is 5.70. The average Bonchev–Trinajstić information content (AvgIpc) is 3.12. The highest BCUT2D eigenvalue weighted by molar-refractivity contribution is 7.90. The molecule has 0 aliphatic carbocycles. The number of nitrogens with zero attached hydrogens (tertiary/aromatic N) is 2. The normalized spacial score (nSPS) is 13.0. The number of rotatable bonds is 6. The van der Waals surface area contributed by atoms with Crippen LogP contribution in [0.1, 0.15) is 26.3 Å². The fourth-order valence-corrected chi connectivity index (χ4v) is 4.57. The van der Waals surface area contributed by atoms with Crippen LogP contribution in [0.3, 0.4) is 0 Å². The fraction of sp³-hybridized carbons (Fsp3) is 0.273. The predicted octanol–water partition coefficient (Wildman–Crippen LogP) is 4.15. The van der Waals surface area contributed by atoms with Crippen molar-refractivity contribution in [3.05, 3.63) is 72.4 Å². The lowest BCUT2D eigenvalue weighted by molar-refractivity contribution is 0.174. The number of pyridine rings is 1. The van der Waals surface area contributed by atoms with Crippen molar-refractivity contribution in [2.75, 3.05) is 0 Å². The minimum absolute atomic E-state index is 0.0107. The van der Waals surface area contributed by atoms with Crippen LogP contribution in [-0.4, -0.2) is 34.6 Å². The molecule has 2 heterocycles. The summed E-state index contributed by atoms with van der Waals surface area (Å²) in [4.78, 5) is 15.2. The molecule has 3 rings (SSSR count). The number of nitrogens with one attached hydrogen (secondary N) is 1. The summed E-state index contributed by atoms with van der Waals surface area (Å²) >= 11 is 0. The van der Waals surface area contributed by atoms with E-state index in [4.69, 9.17) is 0 Å². The number of hydrogen-bond acceptors (Lipinski definition) is 4. The second kappa shape index (κ2) is 8.50. The zero-order valence-electron chi connectivity index (χ0n) is 17.4. The van der Waals surface area contributed by atoms with Gasteiger partial charge in [0, 0.05) is 24.6 Å². The van der Waals surface area contributed by atoms with Crippen LogP contribution in [0.25, 0.3) is 11.3 Å². The Labute approximate surface area is 180 Å². The van der Waals surface area contributed by atoms with Gasteiger partial charge in [0.15, 0.2) is 0 Å². The maximum Gasteiger partial charge on any atom is 0.404 e. The van der Waals surface area contributed by atoms with Gasteiger partial charge in [-0.15, -0.1) is 0 Å². The summed E-state index contributed by atoms with van der Waals surface area (Å²) in [6.07, 6.45) is 3.34. The molecule has 0 fully saturated rings. The molecule has 0 radical (unpaired) electrons. The number of amides is 1. The van der Waals surface area contributed by atoms with Gasteiger partial charge in [-0.25, -0.2) is 21.6 Å². The van der Waals surface area contributed by atoms with Gasteiger partial charge in [0.1, 0.15) is 10.7 Å². The first kappa shape index (κ1) is 22.5. The van der Waals surface area contributed by atoms with E-state index in [9.17, 15) is 22.7 Å². The summed E-state index contributed by atoms with van der Waals surface area (Å²) in [6, 6.07) is 9.72. The Bertz CT molecular complexity index is 1170. The summed E-state index contributed by atoms with van der Waals surface area (Å²) in [7, 11) is -3.98. The number of halogens is 1. The van der Waals surface area contributed by atoms with E-state index >= 15 is 0 Å². The number of carbonyl (C=O) groups is 1. The lowest BCUT2D eigenvalue weighted by Crippen LogP contribution is -2.44. The highest BCUT2D eigenvalue weighted by Gasteiger charge is 2.29. The zero-order valence-corrected chi connectivity index (χ0v) is 18.2. The minimum atomic E-state index is -3.98.